The van der Waals surface area contributed by atoms with Gasteiger partial charge in [0, 0.05) is 0 Å². The number of esters is 2. The molecule has 0 aromatic rings. The Hall–Kier alpha value is -1.32. The Morgan fingerprint density at radius 1 is 0.793 bits per heavy atom. The van der Waals surface area contributed by atoms with Gasteiger partial charge in [0.05, 0.1) is 25.0 Å². The van der Waals surface area contributed by atoms with Gasteiger partial charge in [-0.1, -0.05) is 78.4 Å². The van der Waals surface area contributed by atoms with Crippen LogP contribution in [0.3, 0.4) is 0 Å². The van der Waals surface area contributed by atoms with Gasteiger partial charge in [-0.15, -0.1) is 0 Å². The van der Waals surface area contributed by atoms with Gasteiger partial charge in [0.25, 0.3) is 0 Å². The minimum atomic E-state index is -0.364. The third-order valence-corrected chi connectivity index (χ3v) is 7.01. The van der Waals surface area contributed by atoms with Gasteiger partial charge in [-0.25, -0.2) is 0 Å². The quantitative estimate of drug-likeness (QED) is 0.264. The Morgan fingerprint density at radius 3 is 1.55 bits per heavy atom. The molecule has 0 heterocycles. The lowest BCUT2D eigenvalue weighted by atomic mass is 9.83. The van der Waals surface area contributed by atoms with Crippen molar-refractivity contribution in [2.45, 2.75) is 85.5 Å². The van der Waals surface area contributed by atoms with Crippen LogP contribution in [0.4, 0.5) is 0 Å². The van der Waals surface area contributed by atoms with Crippen LogP contribution in [0.1, 0.15) is 85.5 Å². The van der Waals surface area contributed by atoms with Gasteiger partial charge in [-0.3, -0.25) is 9.59 Å². The Kier molecular flexibility index (Phi) is 10.2. The predicted octanol–water partition coefficient (Wildman–Crippen LogP) is 5.94. The van der Waals surface area contributed by atoms with E-state index in [1.807, 2.05) is 0 Å². The van der Waals surface area contributed by atoms with Crippen LogP contribution in [0, 0.1) is 35.5 Å². The lowest BCUT2D eigenvalue weighted by molar-refractivity contribution is -0.163. The van der Waals surface area contributed by atoms with Crippen molar-refractivity contribution in [3.8, 4) is 0 Å². The van der Waals surface area contributed by atoms with E-state index in [9.17, 15) is 9.59 Å². The van der Waals surface area contributed by atoms with Crippen molar-refractivity contribution < 1.29 is 19.1 Å². The van der Waals surface area contributed by atoms with Gasteiger partial charge >= 0.3 is 11.9 Å². The fourth-order valence-corrected chi connectivity index (χ4v) is 4.85. The predicted molar refractivity (Wildman–Crippen MR) is 116 cm³/mol. The van der Waals surface area contributed by atoms with E-state index in [0.717, 1.165) is 44.9 Å². The molecule has 0 aromatic heterocycles. The van der Waals surface area contributed by atoms with E-state index in [1.165, 1.54) is 12.8 Å². The van der Waals surface area contributed by atoms with Crippen molar-refractivity contribution in [3.05, 3.63) is 12.2 Å². The van der Waals surface area contributed by atoms with Crippen LogP contribution >= 0.6 is 0 Å². The molecule has 0 spiro atoms. The first kappa shape index (κ1) is 24.0. The maximum Gasteiger partial charge on any atom is 0.310 e. The molecule has 2 aliphatic carbocycles. The molecule has 29 heavy (non-hydrogen) atoms. The van der Waals surface area contributed by atoms with E-state index in [2.05, 4.69) is 39.8 Å². The molecule has 0 radical (unpaired) electrons. The van der Waals surface area contributed by atoms with Crippen LogP contribution in [-0.4, -0.2) is 25.2 Å². The van der Waals surface area contributed by atoms with E-state index in [1.54, 1.807) is 0 Å². The molecule has 0 N–H and O–H groups in total. The Morgan fingerprint density at radius 2 is 1.21 bits per heavy atom. The summed E-state index contributed by atoms with van der Waals surface area (Å²) in [6, 6.07) is 0. The molecule has 2 rings (SSSR count). The molecule has 2 aliphatic rings. The van der Waals surface area contributed by atoms with Gasteiger partial charge in [0.15, 0.2) is 0 Å². The van der Waals surface area contributed by atoms with Crippen LogP contribution in [0.5, 0.6) is 0 Å². The van der Waals surface area contributed by atoms with E-state index in [-0.39, 0.29) is 35.6 Å². The zero-order valence-electron chi connectivity index (χ0n) is 19.0. The number of allylic oxidation sites excluding steroid dienone is 2. The number of rotatable bonds is 14. The summed E-state index contributed by atoms with van der Waals surface area (Å²) in [5.41, 5.74) is 0. The van der Waals surface area contributed by atoms with E-state index < -0.39 is 0 Å². The molecular formula is C25H42O4. The zero-order chi connectivity index (χ0) is 21.2. The van der Waals surface area contributed by atoms with Gasteiger partial charge in [0.2, 0.25) is 0 Å². The van der Waals surface area contributed by atoms with Gasteiger partial charge in [-0.05, 0) is 42.9 Å². The molecule has 166 valence electrons. The van der Waals surface area contributed by atoms with Gasteiger partial charge in [0.1, 0.15) is 0 Å². The number of fused-ring (bicyclic) bond motifs is 2. The summed E-state index contributed by atoms with van der Waals surface area (Å²) in [7, 11) is 0. The highest BCUT2D eigenvalue weighted by Gasteiger charge is 2.53. The highest BCUT2D eigenvalue weighted by atomic mass is 16.5. The normalized spacial score (nSPS) is 27.0. The summed E-state index contributed by atoms with van der Waals surface area (Å²) in [6.07, 6.45) is 14.0. The fourth-order valence-electron chi connectivity index (χ4n) is 4.85. The SMILES string of the molecule is CCCCC(CC)COC(=O)[C@H]1[C@H](C(=O)OCC(CC)CCCC)[C@H]2C=C[C@@H]1C2. The van der Waals surface area contributed by atoms with Crippen molar-refractivity contribution in [2.24, 2.45) is 35.5 Å². The molecule has 6 atom stereocenters. The first-order valence-corrected chi connectivity index (χ1v) is 12.1. The highest BCUT2D eigenvalue weighted by molar-refractivity contribution is 5.84. The molecule has 4 nitrogen and oxygen atoms in total. The van der Waals surface area contributed by atoms with Crippen LogP contribution < -0.4 is 0 Å². The van der Waals surface area contributed by atoms with E-state index in [0.29, 0.717) is 25.0 Å². The van der Waals surface area contributed by atoms with Crippen molar-refractivity contribution in [1.29, 1.82) is 0 Å². The van der Waals surface area contributed by atoms with Crippen molar-refractivity contribution in [1.82, 2.24) is 0 Å². The molecule has 0 aromatic carbocycles. The molecular weight excluding hydrogens is 364 g/mol. The summed E-state index contributed by atoms with van der Waals surface area (Å²) >= 11 is 0. The molecule has 2 unspecified atom stereocenters. The maximum atomic E-state index is 12.9. The highest BCUT2D eigenvalue weighted by Crippen LogP contribution is 2.49. The summed E-state index contributed by atoms with van der Waals surface area (Å²) in [6.45, 7) is 9.62. The molecule has 4 heteroatoms. The van der Waals surface area contributed by atoms with Crippen molar-refractivity contribution in [3.63, 3.8) is 0 Å². The first-order chi connectivity index (χ1) is 14.0. The minimum absolute atomic E-state index is 0.128. The van der Waals surface area contributed by atoms with Gasteiger partial charge in [-0.2, -0.15) is 0 Å². The number of carbonyl (C=O) groups is 2. The molecule has 1 saturated carbocycles. The number of hydrogen-bond donors (Lipinski definition) is 0. The largest absolute Gasteiger partial charge is 0.465 e. The maximum absolute atomic E-state index is 12.9. The summed E-state index contributed by atoms with van der Waals surface area (Å²) in [5.74, 6) is -0.0300. The third kappa shape index (κ3) is 6.58. The average molecular weight is 407 g/mol. The summed E-state index contributed by atoms with van der Waals surface area (Å²) < 4.78 is 11.5. The molecule has 0 amide bonds. The Bertz CT molecular complexity index is 495. The molecule has 1 fully saturated rings. The number of unbranched alkanes of at least 4 members (excludes halogenated alkanes) is 2. The average Bonchev–Trinajstić information content (AvgIpc) is 3.35. The molecule has 0 aliphatic heterocycles. The van der Waals surface area contributed by atoms with Crippen LogP contribution in [0.15, 0.2) is 12.2 Å². The Balaban J connectivity index is 1.91. The van der Waals surface area contributed by atoms with Crippen LogP contribution in [0.2, 0.25) is 0 Å². The van der Waals surface area contributed by atoms with Crippen LogP contribution in [-0.2, 0) is 19.1 Å². The van der Waals surface area contributed by atoms with Crippen molar-refractivity contribution >= 4 is 11.9 Å². The second kappa shape index (κ2) is 12.4. The smallest absolute Gasteiger partial charge is 0.310 e. The van der Waals surface area contributed by atoms with Crippen LogP contribution in [0.25, 0.3) is 0 Å². The van der Waals surface area contributed by atoms with Gasteiger partial charge < -0.3 is 9.47 Å². The van der Waals surface area contributed by atoms with E-state index in [4.69, 9.17) is 9.47 Å². The molecule has 2 bridgehead atoms. The zero-order valence-corrected chi connectivity index (χ0v) is 19.0. The van der Waals surface area contributed by atoms with E-state index >= 15 is 0 Å². The number of carbonyl (C=O) groups excluding carboxylic acids is 2. The minimum Gasteiger partial charge on any atom is -0.465 e. The standard InChI is InChI=1S/C25H42O4/c1-5-9-11-18(7-3)16-28-24(26)22-20-13-14-21(15-20)23(22)25(27)29-17-19(8-4)12-10-6-2/h13-14,18-23H,5-12,15-17H2,1-4H3/t18?,19?,20-,21+,22-,23-/m1/s1. The third-order valence-electron chi connectivity index (χ3n) is 7.01. The van der Waals surface area contributed by atoms with Crippen molar-refractivity contribution in [2.75, 3.05) is 13.2 Å². The lowest BCUT2D eigenvalue weighted by Gasteiger charge is -2.26. The monoisotopic (exact) mass is 406 g/mol. The molecule has 0 saturated heterocycles. The first-order valence-electron chi connectivity index (χ1n) is 12.1. The number of ether oxygens (including phenoxy) is 2. The fraction of sp³-hybridized carbons (Fsp3) is 0.840. The number of hydrogen-bond acceptors (Lipinski definition) is 4. The Labute approximate surface area is 177 Å². The summed E-state index contributed by atoms with van der Waals surface area (Å²) in [4.78, 5) is 25.8. The second-order valence-corrected chi connectivity index (χ2v) is 9.09. The second-order valence-electron chi connectivity index (χ2n) is 9.09. The summed E-state index contributed by atoms with van der Waals surface area (Å²) in [5, 5.41) is 0. The lowest BCUT2D eigenvalue weighted by Crippen LogP contribution is -2.36. The topological polar surface area (TPSA) is 52.6 Å².